The van der Waals surface area contributed by atoms with Gasteiger partial charge in [-0.15, -0.1) is 0 Å². The van der Waals surface area contributed by atoms with Crippen molar-refractivity contribution < 1.29 is 37.6 Å². The van der Waals surface area contributed by atoms with Crippen molar-refractivity contribution in [3.05, 3.63) is 98.3 Å². The summed E-state index contributed by atoms with van der Waals surface area (Å²) in [6.45, 7) is 7.08. The molecule has 5 heteroatoms. The Morgan fingerprint density at radius 3 is 2.31 bits per heavy atom. The summed E-state index contributed by atoms with van der Waals surface area (Å²) in [5.41, 5.74) is 2.94. The first kappa shape index (κ1) is 22.3. The van der Waals surface area contributed by atoms with E-state index in [-0.39, 0.29) is 38.9 Å². The Morgan fingerprint density at radius 1 is 0.923 bits per heavy atom. The van der Waals surface area contributed by atoms with Crippen LogP contribution in [0.3, 0.4) is 0 Å². The summed E-state index contributed by atoms with van der Waals surface area (Å²) in [5.74, 6) is 0.634. The number of aliphatic imine (C=N–C) groups is 1. The molecule has 0 spiro atoms. The Kier molecular flexibility index (Phi) is 9.51. The van der Waals surface area contributed by atoms with E-state index in [0.717, 1.165) is 16.6 Å². The van der Waals surface area contributed by atoms with Crippen LogP contribution in [0.2, 0.25) is 0 Å². The zero-order valence-corrected chi connectivity index (χ0v) is 16.4. The first-order valence-electron chi connectivity index (χ1n) is 7.83. The Labute approximate surface area is 175 Å². The molecule has 135 valence electrons. The van der Waals surface area contributed by atoms with E-state index in [1.165, 1.54) is 12.0 Å². The van der Waals surface area contributed by atoms with Crippen LogP contribution >= 0.6 is 0 Å². The van der Waals surface area contributed by atoms with Gasteiger partial charge in [-0.05, 0) is 38.0 Å². The zero-order valence-electron chi connectivity index (χ0n) is 14.1. The fourth-order valence-corrected chi connectivity index (χ4v) is 2.55. The maximum absolute atomic E-state index is 5.74. The quantitative estimate of drug-likeness (QED) is 0.549. The van der Waals surface area contributed by atoms with Crippen molar-refractivity contribution in [3.63, 3.8) is 0 Å². The first-order valence-corrected chi connectivity index (χ1v) is 7.83. The molecule has 1 aliphatic rings. The minimum atomic E-state index is 0. The number of pyridine rings is 1. The summed E-state index contributed by atoms with van der Waals surface area (Å²) >= 11 is 0. The van der Waals surface area contributed by atoms with Crippen molar-refractivity contribution in [2.75, 3.05) is 6.61 Å². The minimum absolute atomic E-state index is 0. The van der Waals surface area contributed by atoms with Gasteiger partial charge in [0.1, 0.15) is 18.3 Å². The van der Waals surface area contributed by atoms with Crippen molar-refractivity contribution in [3.8, 4) is 0 Å². The van der Waals surface area contributed by atoms with Crippen LogP contribution < -0.4 is 12.4 Å². The van der Waals surface area contributed by atoms with E-state index in [4.69, 9.17) is 4.74 Å². The summed E-state index contributed by atoms with van der Waals surface area (Å²) in [6.07, 6.45) is 1.50. The second-order valence-electron chi connectivity index (χ2n) is 5.35. The topological polar surface area (TPSA) is 34.5 Å². The van der Waals surface area contributed by atoms with Crippen LogP contribution in [0.15, 0.2) is 71.7 Å². The number of aromatic nitrogens is 1. The van der Waals surface area contributed by atoms with Crippen molar-refractivity contribution in [1.29, 1.82) is 0 Å². The van der Waals surface area contributed by atoms with Crippen LogP contribution in [0.5, 0.6) is 0 Å². The number of hydrogen-bond acceptors (Lipinski definition) is 3. The fourth-order valence-electron chi connectivity index (χ4n) is 2.55. The van der Waals surface area contributed by atoms with Gasteiger partial charge in [0.2, 0.25) is 5.90 Å². The molecule has 0 saturated heterocycles. The molecule has 0 N–H and O–H groups in total. The number of halogens is 1. The third-order valence-electron chi connectivity index (χ3n) is 3.65. The number of para-hydroxylation sites is 1. The number of nitrogens with zero attached hydrogens (tertiary/aromatic N) is 2. The number of fused-ring (bicyclic) bond motifs is 1. The number of hydrogen-bond donors (Lipinski definition) is 0. The minimum Gasteiger partial charge on any atom is -1.00 e. The maximum atomic E-state index is 5.74. The standard InChI is InChI=1S/C18H14N2O.C3H5.ClH.Pd/c1-2-6-13(7-3-1)17-12-21-18(20-17)16-11-10-14-8-4-5-9-15(14)19-16;1-3-2;;/h1-11,17H,12H2;3H,1-2H2;1H;/q;;;+2/p-1/t17-;;;/m0.../s1. The van der Waals surface area contributed by atoms with Gasteiger partial charge < -0.3 is 17.1 Å². The third kappa shape index (κ3) is 5.38. The number of benzene rings is 2. The first-order chi connectivity index (χ1) is 11.8. The smallest absolute Gasteiger partial charge is 1.00 e. The number of rotatable bonds is 2. The summed E-state index contributed by atoms with van der Waals surface area (Å²) in [4.78, 5) is 9.30. The average molecular weight is 457 g/mol. The molecule has 0 saturated carbocycles. The van der Waals surface area contributed by atoms with Crippen LogP contribution in [-0.4, -0.2) is 17.5 Å². The molecule has 0 bridgehead atoms. The Balaban J connectivity index is 0.000000635. The maximum Gasteiger partial charge on any atom is 2.00 e. The number of ether oxygens (including phenoxy) is 1. The van der Waals surface area contributed by atoms with Gasteiger partial charge in [-0.25, -0.2) is 9.98 Å². The van der Waals surface area contributed by atoms with Gasteiger partial charge in [-0.3, -0.25) is 0 Å². The molecule has 0 amide bonds. The van der Waals surface area contributed by atoms with Crippen molar-refractivity contribution in [2.45, 2.75) is 6.04 Å². The SMILES string of the molecule is [CH2][CH][CH2].[Cl-].[Pd+2].c1ccc([C@@H]2COC(c3ccc4ccccc4n3)=N2)cc1. The van der Waals surface area contributed by atoms with Crippen LogP contribution in [-0.2, 0) is 25.2 Å². The predicted molar refractivity (Wildman–Crippen MR) is 98.4 cm³/mol. The summed E-state index contributed by atoms with van der Waals surface area (Å²) < 4.78 is 5.74. The Bertz CT molecular complexity index is 840. The van der Waals surface area contributed by atoms with E-state index in [1.54, 1.807) is 0 Å². The zero-order chi connectivity index (χ0) is 16.8. The molecule has 4 rings (SSSR count). The van der Waals surface area contributed by atoms with E-state index in [2.05, 4.69) is 48.1 Å². The predicted octanol–water partition coefficient (Wildman–Crippen LogP) is 1.61. The van der Waals surface area contributed by atoms with Crippen LogP contribution in [0, 0.1) is 20.3 Å². The van der Waals surface area contributed by atoms with Crippen LogP contribution in [0.4, 0.5) is 0 Å². The summed E-state index contributed by atoms with van der Waals surface area (Å²) in [5, 5.41) is 1.12. The van der Waals surface area contributed by atoms with Gasteiger partial charge in [-0.2, -0.15) is 0 Å². The normalized spacial score (nSPS) is 14.8. The van der Waals surface area contributed by atoms with E-state index in [0.29, 0.717) is 12.5 Å². The molecule has 0 fully saturated rings. The Hall–Kier alpha value is -1.73. The molecule has 1 aliphatic heterocycles. The molecular formula is C21H19ClN2OPd+. The fraction of sp³-hybridized carbons (Fsp3) is 0.0952. The second-order valence-corrected chi connectivity index (χ2v) is 5.35. The van der Waals surface area contributed by atoms with Crippen LogP contribution in [0.25, 0.3) is 10.9 Å². The molecule has 3 radical (unpaired) electrons. The van der Waals surface area contributed by atoms with Crippen molar-refractivity contribution in [2.24, 2.45) is 4.99 Å². The van der Waals surface area contributed by atoms with Gasteiger partial charge in [0.15, 0.2) is 0 Å². The Morgan fingerprint density at radius 2 is 1.58 bits per heavy atom. The molecular weight excluding hydrogens is 438 g/mol. The summed E-state index contributed by atoms with van der Waals surface area (Å²) in [6, 6.07) is 22.4. The molecule has 1 aromatic heterocycles. The van der Waals surface area contributed by atoms with E-state index < -0.39 is 0 Å². The molecule has 2 aromatic carbocycles. The second kappa shape index (κ2) is 11.1. The molecule has 3 nitrogen and oxygen atoms in total. The molecule has 3 aromatic rings. The third-order valence-corrected chi connectivity index (χ3v) is 3.65. The molecule has 0 aliphatic carbocycles. The van der Waals surface area contributed by atoms with E-state index in [9.17, 15) is 0 Å². The molecule has 0 unspecified atom stereocenters. The molecule has 2 heterocycles. The molecule has 1 atom stereocenters. The van der Waals surface area contributed by atoms with Crippen molar-refractivity contribution >= 4 is 16.8 Å². The van der Waals surface area contributed by atoms with Gasteiger partial charge in [0, 0.05) is 5.39 Å². The van der Waals surface area contributed by atoms with Gasteiger partial charge in [0.25, 0.3) is 0 Å². The van der Waals surface area contributed by atoms with E-state index >= 15 is 0 Å². The van der Waals surface area contributed by atoms with Gasteiger partial charge in [-0.1, -0.05) is 54.6 Å². The monoisotopic (exact) mass is 456 g/mol. The summed E-state index contributed by atoms with van der Waals surface area (Å²) in [7, 11) is 0. The average Bonchev–Trinajstić information content (AvgIpc) is 3.13. The van der Waals surface area contributed by atoms with Gasteiger partial charge >= 0.3 is 20.4 Å². The van der Waals surface area contributed by atoms with Gasteiger partial charge in [0.05, 0.1) is 5.52 Å². The largest absolute Gasteiger partial charge is 2.00 e. The van der Waals surface area contributed by atoms with Crippen LogP contribution in [0.1, 0.15) is 17.3 Å². The molecule has 26 heavy (non-hydrogen) atoms. The van der Waals surface area contributed by atoms with E-state index in [1.807, 2.05) is 42.5 Å². The van der Waals surface area contributed by atoms with Crippen molar-refractivity contribution in [1.82, 2.24) is 4.98 Å².